The van der Waals surface area contributed by atoms with E-state index in [2.05, 4.69) is 10.3 Å². The summed E-state index contributed by atoms with van der Waals surface area (Å²) in [6, 6.07) is 11.6. The summed E-state index contributed by atoms with van der Waals surface area (Å²) in [5, 5.41) is 2.85. The zero-order valence-corrected chi connectivity index (χ0v) is 10.6. The maximum Gasteiger partial charge on any atom is 0.228 e. The minimum atomic E-state index is 0.00652. The molecule has 2 heterocycles. The summed E-state index contributed by atoms with van der Waals surface area (Å²) >= 11 is 0. The summed E-state index contributed by atoms with van der Waals surface area (Å²) in [5.41, 5.74) is 11.3. The Bertz CT molecular complexity index is 850. The van der Waals surface area contributed by atoms with Crippen LogP contribution < -0.4 is 11.1 Å². The topological polar surface area (TPSA) is 72.9 Å². The van der Waals surface area contributed by atoms with Crippen LogP contribution in [0.3, 0.4) is 0 Å². The third kappa shape index (κ3) is 1.50. The van der Waals surface area contributed by atoms with Crippen molar-refractivity contribution in [3.05, 3.63) is 48.3 Å². The van der Waals surface area contributed by atoms with Crippen LogP contribution in [-0.4, -0.2) is 15.5 Å². The molecule has 3 aromatic rings. The lowest BCUT2D eigenvalue weighted by molar-refractivity contribution is -0.115. The second kappa shape index (κ2) is 3.84. The van der Waals surface area contributed by atoms with E-state index in [1.807, 2.05) is 41.0 Å². The van der Waals surface area contributed by atoms with Gasteiger partial charge in [0.1, 0.15) is 6.33 Å². The zero-order chi connectivity index (χ0) is 13.7. The molecule has 4 rings (SSSR count). The van der Waals surface area contributed by atoms with Crippen molar-refractivity contribution in [1.82, 2.24) is 9.55 Å². The molecular weight excluding hydrogens is 252 g/mol. The van der Waals surface area contributed by atoms with E-state index in [0.717, 1.165) is 28.0 Å². The number of para-hydroxylation sites is 2. The molecule has 0 aliphatic carbocycles. The monoisotopic (exact) mass is 264 g/mol. The van der Waals surface area contributed by atoms with E-state index in [1.54, 1.807) is 6.33 Å². The fourth-order valence-electron chi connectivity index (χ4n) is 2.64. The highest BCUT2D eigenvalue weighted by atomic mass is 16.1. The van der Waals surface area contributed by atoms with E-state index < -0.39 is 0 Å². The van der Waals surface area contributed by atoms with Gasteiger partial charge in [0.05, 0.1) is 28.8 Å². The summed E-state index contributed by atoms with van der Waals surface area (Å²) < 4.78 is 1.94. The van der Waals surface area contributed by atoms with Crippen molar-refractivity contribution in [3.8, 4) is 5.69 Å². The first-order chi connectivity index (χ1) is 9.72. The molecule has 2 aromatic carbocycles. The van der Waals surface area contributed by atoms with Crippen LogP contribution in [0, 0.1) is 0 Å². The lowest BCUT2D eigenvalue weighted by atomic mass is 10.1. The normalized spacial score (nSPS) is 13.5. The van der Waals surface area contributed by atoms with Crippen LogP contribution in [0.5, 0.6) is 0 Å². The minimum absolute atomic E-state index is 0.00652. The third-order valence-electron chi connectivity index (χ3n) is 3.59. The number of carbonyl (C=O) groups is 1. The van der Waals surface area contributed by atoms with E-state index in [0.29, 0.717) is 12.1 Å². The SMILES string of the molecule is Nc1cc2c(cc1-n1cnc3ccccc31)NC(=O)C2. The molecule has 5 heteroatoms. The summed E-state index contributed by atoms with van der Waals surface area (Å²) in [7, 11) is 0. The Kier molecular flexibility index (Phi) is 2.12. The quantitative estimate of drug-likeness (QED) is 0.661. The maximum absolute atomic E-state index is 11.5. The van der Waals surface area contributed by atoms with Gasteiger partial charge in [0.2, 0.25) is 5.91 Å². The second-order valence-electron chi connectivity index (χ2n) is 4.90. The molecule has 0 saturated carbocycles. The van der Waals surface area contributed by atoms with Gasteiger partial charge in [0.25, 0.3) is 0 Å². The number of nitrogens with one attached hydrogen (secondary N) is 1. The van der Waals surface area contributed by atoms with Crippen molar-refractivity contribution >= 4 is 28.3 Å². The molecule has 20 heavy (non-hydrogen) atoms. The Morgan fingerprint density at radius 1 is 1.25 bits per heavy atom. The van der Waals surface area contributed by atoms with Crippen molar-refractivity contribution in [2.45, 2.75) is 6.42 Å². The Labute approximate surface area is 115 Å². The van der Waals surface area contributed by atoms with Crippen molar-refractivity contribution in [2.24, 2.45) is 0 Å². The second-order valence-corrected chi connectivity index (χ2v) is 4.90. The van der Waals surface area contributed by atoms with Crippen molar-refractivity contribution in [1.29, 1.82) is 0 Å². The van der Waals surface area contributed by atoms with Gasteiger partial charge >= 0.3 is 0 Å². The number of hydrogen-bond acceptors (Lipinski definition) is 3. The minimum Gasteiger partial charge on any atom is -0.397 e. The third-order valence-corrected chi connectivity index (χ3v) is 3.59. The molecule has 1 aliphatic heterocycles. The number of aromatic nitrogens is 2. The standard InChI is InChI=1S/C15H12N4O/c16-10-5-9-6-15(20)18-12(9)7-14(10)19-8-17-11-3-1-2-4-13(11)19/h1-5,7-8H,6,16H2,(H,18,20). The van der Waals surface area contributed by atoms with Gasteiger partial charge in [0.15, 0.2) is 0 Å². The first kappa shape index (κ1) is 11.0. The molecule has 0 fully saturated rings. The molecule has 0 spiro atoms. The van der Waals surface area contributed by atoms with Crippen LogP contribution in [0.1, 0.15) is 5.56 Å². The molecule has 1 aliphatic rings. The first-order valence-corrected chi connectivity index (χ1v) is 6.37. The summed E-state index contributed by atoms with van der Waals surface area (Å²) in [6.07, 6.45) is 2.14. The predicted molar refractivity (Wildman–Crippen MR) is 77.8 cm³/mol. The fraction of sp³-hybridized carbons (Fsp3) is 0.0667. The van der Waals surface area contributed by atoms with Gasteiger partial charge in [-0.2, -0.15) is 0 Å². The number of nitrogens with two attached hydrogens (primary N) is 1. The molecule has 0 unspecified atom stereocenters. The van der Waals surface area contributed by atoms with Crippen LogP contribution in [0.25, 0.3) is 16.7 Å². The highest BCUT2D eigenvalue weighted by Gasteiger charge is 2.20. The van der Waals surface area contributed by atoms with Crippen molar-refractivity contribution < 1.29 is 4.79 Å². The van der Waals surface area contributed by atoms with E-state index in [9.17, 15) is 4.79 Å². The number of fused-ring (bicyclic) bond motifs is 2. The number of imidazole rings is 1. The van der Waals surface area contributed by atoms with Gasteiger partial charge in [-0.1, -0.05) is 12.1 Å². The number of nitrogen functional groups attached to an aromatic ring is 1. The predicted octanol–water partition coefficient (Wildman–Crippen LogP) is 2.10. The molecule has 1 aromatic heterocycles. The molecule has 0 saturated heterocycles. The van der Waals surface area contributed by atoms with Crippen molar-refractivity contribution in [3.63, 3.8) is 0 Å². The Hall–Kier alpha value is -2.82. The molecular formula is C15H12N4O. The number of benzene rings is 2. The number of rotatable bonds is 1. The molecule has 0 bridgehead atoms. The Balaban J connectivity index is 1.95. The summed E-state index contributed by atoms with van der Waals surface area (Å²) in [4.78, 5) is 15.8. The smallest absolute Gasteiger partial charge is 0.228 e. The van der Waals surface area contributed by atoms with Crippen LogP contribution in [0.4, 0.5) is 11.4 Å². The lowest BCUT2D eigenvalue weighted by Gasteiger charge is -2.10. The van der Waals surface area contributed by atoms with E-state index in [-0.39, 0.29) is 5.91 Å². The zero-order valence-electron chi connectivity index (χ0n) is 10.6. The first-order valence-electron chi connectivity index (χ1n) is 6.37. The molecule has 0 radical (unpaired) electrons. The summed E-state index contributed by atoms with van der Waals surface area (Å²) in [6.45, 7) is 0. The summed E-state index contributed by atoms with van der Waals surface area (Å²) in [5.74, 6) is 0.00652. The number of amides is 1. The van der Waals surface area contributed by atoms with Gasteiger partial charge in [-0.15, -0.1) is 0 Å². The average molecular weight is 264 g/mol. The number of anilines is 2. The Morgan fingerprint density at radius 3 is 3.00 bits per heavy atom. The Morgan fingerprint density at radius 2 is 2.10 bits per heavy atom. The average Bonchev–Trinajstić information content (AvgIpc) is 3.00. The molecule has 1 amide bonds. The lowest BCUT2D eigenvalue weighted by Crippen LogP contribution is -2.04. The molecule has 5 nitrogen and oxygen atoms in total. The van der Waals surface area contributed by atoms with E-state index in [1.165, 1.54) is 0 Å². The molecule has 98 valence electrons. The van der Waals surface area contributed by atoms with Gasteiger partial charge < -0.3 is 11.1 Å². The van der Waals surface area contributed by atoms with Crippen LogP contribution in [-0.2, 0) is 11.2 Å². The van der Waals surface area contributed by atoms with E-state index >= 15 is 0 Å². The van der Waals surface area contributed by atoms with Gasteiger partial charge in [-0.05, 0) is 29.8 Å². The number of hydrogen-bond donors (Lipinski definition) is 2. The maximum atomic E-state index is 11.5. The molecule has 3 N–H and O–H groups in total. The van der Waals surface area contributed by atoms with Crippen molar-refractivity contribution in [2.75, 3.05) is 11.1 Å². The van der Waals surface area contributed by atoms with Crippen LogP contribution in [0.15, 0.2) is 42.7 Å². The van der Waals surface area contributed by atoms with Gasteiger partial charge in [-0.25, -0.2) is 4.98 Å². The van der Waals surface area contributed by atoms with Crippen LogP contribution in [0.2, 0.25) is 0 Å². The number of carbonyl (C=O) groups excluding carboxylic acids is 1. The highest BCUT2D eigenvalue weighted by molar-refractivity contribution is 6.00. The van der Waals surface area contributed by atoms with Gasteiger partial charge in [-0.3, -0.25) is 9.36 Å². The largest absolute Gasteiger partial charge is 0.397 e. The van der Waals surface area contributed by atoms with Gasteiger partial charge in [0, 0.05) is 5.69 Å². The number of nitrogens with zero attached hydrogens (tertiary/aromatic N) is 2. The molecule has 0 atom stereocenters. The highest BCUT2D eigenvalue weighted by Crippen LogP contribution is 2.31. The van der Waals surface area contributed by atoms with E-state index in [4.69, 9.17) is 5.73 Å². The van der Waals surface area contributed by atoms with Crippen LogP contribution >= 0.6 is 0 Å². The fourth-order valence-corrected chi connectivity index (χ4v) is 2.64.